The first kappa shape index (κ1) is 27.8. The average Bonchev–Trinajstić information content (AvgIpc) is 3.21. The standard InChI is InChI=1S/C36H37N2O4P/c1-24(37-36(39)38-28-16-6-3-7-17-28)35(27-14-4-2-5-15-27)42-43-40-31-22-20-25-12-8-10-18-29(25)33(31)34-30-19-11-9-13-26(30)21-23-32(34)41-43/h2-7,14-17,20-24,35H,8-13,18-19H2,1H3,(H2,37,38,39)/t24-,35?/m1/s1. The highest BCUT2D eigenvalue weighted by Gasteiger charge is 2.27. The van der Waals surface area contributed by atoms with E-state index in [1.807, 2.05) is 67.6 Å². The Hall–Kier alpha value is -3.99. The number of aryl methyl sites for hydroxylation is 4. The summed E-state index contributed by atoms with van der Waals surface area (Å²) in [5.74, 6) is 0. The van der Waals surface area contributed by atoms with Crippen molar-refractivity contribution in [1.82, 2.24) is 5.32 Å². The average molecular weight is 593 g/mol. The molecule has 1 unspecified atom stereocenters. The largest absolute Gasteiger partial charge is 0.399 e. The molecule has 6 nitrogen and oxygen atoms in total. The number of para-hydroxylation sites is 1. The predicted octanol–water partition coefficient (Wildman–Crippen LogP) is 9.43. The van der Waals surface area contributed by atoms with Crippen molar-refractivity contribution in [2.75, 3.05) is 5.32 Å². The number of hydrogen-bond acceptors (Lipinski definition) is 4. The van der Waals surface area contributed by atoms with Crippen LogP contribution in [-0.4, -0.2) is 12.1 Å². The van der Waals surface area contributed by atoms with E-state index in [0.29, 0.717) is 0 Å². The molecule has 0 radical (unpaired) electrons. The SMILES string of the molecule is C[C@@H](NC(=O)Nc1ccccc1)C(Op1oc2ccc3c(c2c2c4c(ccc2o1)CCCC4)CCCC3)c1ccccc1. The third-order valence-electron chi connectivity index (χ3n) is 8.76. The van der Waals surface area contributed by atoms with Crippen molar-refractivity contribution in [2.45, 2.75) is 70.4 Å². The molecule has 2 N–H and O–H groups in total. The zero-order valence-corrected chi connectivity index (χ0v) is 25.4. The molecule has 2 atom stereocenters. The van der Waals surface area contributed by atoms with Crippen LogP contribution in [0.3, 0.4) is 0 Å². The van der Waals surface area contributed by atoms with Crippen LogP contribution >= 0.6 is 8.24 Å². The Labute approximate surface area is 253 Å². The van der Waals surface area contributed by atoms with E-state index < -0.39 is 14.3 Å². The lowest BCUT2D eigenvalue weighted by molar-refractivity contribution is 0.204. The Bertz CT molecular complexity index is 1720. The Balaban J connectivity index is 1.32. The van der Waals surface area contributed by atoms with Gasteiger partial charge in [-0.05, 0) is 110 Å². The number of urea groups is 1. The summed E-state index contributed by atoms with van der Waals surface area (Å²) in [5, 5.41) is 8.39. The highest BCUT2D eigenvalue weighted by Crippen LogP contribution is 2.43. The van der Waals surface area contributed by atoms with Crippen LogP contribution in [0.4, 0.5) is 10.5 Å². The van der Waals surface area contributed by atoms with Gasteiger partial charge in [0.2, 0.25) is 0 Å². The molecule has 0 spiro atoms. The first-order valence-corrected chi connectivity index (χ1v) is 16.5. The summed E-state index contributed by atoms with van der Waals surface area (Å²) in [6, 6.07) is 27.4. The van der Waals surface area contributed by atoms with E-state index >= 15 is 0 Å². The number of anilines is 1. The van der Waals surface area contributed by atoms with Crippen molar-refractivity contribution in [3.8, 4) is 0 Å². The fraction of sp³-hybridized carbons (Fsp3) is 0.306. The monoisotopic (exact) mass is 592 g/mol. The van der Waals surface area contributed by atoms with E-state index in [4.69, 9.17) is 12.9 Å². The third-order valence-corrected chi connectivity index (χ3v) is 9.85. The molecule has 7 rings (SSSR count). The Kier molecular flexibility index (Phi) is 7.97. The van der Waals surface area contributed by atoms with Crippen molar-refractivity contribution >= 4 is 41.9 Å². The third kappa shape index (κ3) is 5.82. The van der Waals surface area contributed by atoms with Crippen LogP contribution in [0.25, 0.3) is 21.9 Å². The van der Waals surface area contributed by atoms with E-state index in [2.05, 4.69) is 34.9 Å². The molecule has 4 aromatic carbocycles. The summed E-state index contributed by atoms with van der Waals surface area (Å²) in [7, 11) is -1.84. The summed E-state index contributed by atoms with van der Waals surface area (Å²) in [4.78, 5) is 13.0. The highest BCUT2D eigenvalue weighted by molar-refractivity contribution is 7.31. The second kappa shape index (κ2) is 12.3. The topological polar surface area (TPSA) is 76.6 Å². The molecule has 0 aliphatic heterocycles. The van der Waals surface area contributed by atoms with Crippen LogP contribution in [-0.2, 0) is 25.7 Å². The van der Waals surface area contributed by atoms with E-state index in [0.717, 1.165) is 48.1 Å². The molecule has 0 bridgehead atoms. The lowest BCUT2D eigenvalue weighted by Gasteiger charge is -2.24. The Morgan fingerprint density at radius 3 is 1.84 bits per heavy atom. The van der Waals surface area contributed by atoms with Gasteiger partial charge >= 0.3 is 14.3 Å². The molecule has 0 saturated carbocycles. The van der Waals surface area contributed by atoms with Gasteiger partial charge in [0.15, 0.2) is 0 Å². The first-order valence-electron chi connectivity index (χ1n) is 15.4. The second-order valence-electron chi connectivity index (χ2n) is 11.7. The number of nitrogens with one attached hydrogen (secondary N) is 2. The van der Waals surface area contributed by atoms with Gasteiger partial charge < -0.3 is 19.0 Å². The number of benzene rings is 4. The molecule has 1 aromatic heterocycles. The number of hydrogen-bond donors (Lipinski definition) is 2. The summed E-state index contributed by atoms with van der Waals surface area (Å²) in [6.07, 6.45) is 8.61. The van der Waals surface area contributed by atoms with Crippen LogP contribution in [0.5, 0.6) is 0 Å². The van der Waals surface area contributed by atoms with Gasteiger partial charge in [0.1, 0.15) is 17.3 Å². The fourth-order valence-electron chi connectivity index (χ4n) is 6.68. The maximum Gasteiger partial charge on any atom is 0.388 e. The molecule has 7 heteroatoms. The molecular formula is C36H37N2O4P. The maximum absolute atomic E-state index is 13.0. The molecular weight excluding hydrogens is 555 g/mol. The zero-order chi connectivity index (χ0) is 29.2. The fourth-order valence-corrected chi connectivity index (χ4v) is 7.92. The highest BCUT2D eigenvalue weighted by atomic mass is 31.1. The smallest absolute Gasteiger partial charge is 0.388 e. The second-order valence-corrected chi connectivity index (χ2v) is 12.7. The van der Waals surface area contributed by atoms with Gasteiger partial charge in [0.25, 0.3) is 0 Å². The van der Waals surface area contributed by atoms with Crippen molar-refractivity contribution in [3.63, 3.8) is 0 Å². The van der Waals surface area contributed by atoms with Crippen LogP contribution in [0.1, 0.15) is 66.5 Å². The molecule has 2 aliphatic carbocycles. The van der Waals surface area contributed by atoms with E-state index in [1.54, 1.807) is 0 Å². The molecule has 0 fully saturated rings. The van der Waals surface area contributed by atoms with Gasteiger partial charge in [0, 0.05) is 16.5 Å². The normalized spacial score (nSPS) is 15.7. The molecule has 5 aromatic rings. The lowest BCUT2D eigenvalue weighted by atomic mass is 9.84. The van der Waals surface area contributed by atoms with Crippen molar-refractivity contribution in [3.05, 3.63) is 113 Å². The van der Waals surface area contributed by atoms with Crippen molar-refractivity contribution in [1.29, 1.82) is 0 Å². The minimum absolute atomic E-state index is 0.298. The number of fused-ring (bicyclic) bond motifs is 7. The molecule has 2 amide bonds. The van der Waals surface area contributed by atoms with Gasteiger partial charge in [-0.1, -0.05) is 60.7 Å². The van der Waals surface area contributed by atoms with Gasteiger partial charge in [-0.25, -0.2) is 4.79 Å². The Morgan fingerprint density at radius 1 is 0.721 bits per heavy atom. The minimum Gasteiger partial charge on any atom is -0.399 e. The number of rotatable bonds is 6. The molecule has 2 aliphatic rings. The molecule has 43 heavy (non-hydrogen) atoms. The van der Waals surface area contributed by atoms with Crippen LogP contribution < -0.4 is 15.2 Å². The molecule has 220 valence electrons. The maximum atomic E-state index is 13.0. The van der Waals surface area contributed by atoms with E-state index in [1.165, 1.54) is 58.7 Å². The van der Waals surface area contributed by atoms with Crippen LogP contribution in [0.2, 0.25) is 0 Å². The summed E-state index contributed by atoms with van der Waals surface area (Å²) >= 11 is 0. The number of carbonyl (C=O) groups is 1. The van der Waals surface area contributed by atoms with Crippen molar-refractivity contribution < 1.29 is 17.7 Å². The van der Waals surface area contributed by atoms with E-state index in [9.17, 15) is 4.79 Å². The van der Waals surface area contributed by atoms with Crippen LogP contribution in [0.15, 0.2) is 93.3 Å². The summed E-state index contributed by atoms with van der Waals surface area (Å²) in [5.41, 5.74) is 8.97. The molecule has 0 saturated heterocycles. The van der Waals surface area contributed by atoms with Gasteiger partial charge in [-0.15, -0.1) is 0 Å². The van der Waals surface area contributed by atoms with Gasteiger partial charge in [0.05, 0.1) is 6.04 Å². The van der Waals surface area contributed by atoms with Crippen LogP contribution in [0, 0.1) is 0 Å². The van der Waals surface area contributed by atoms with Gasteiger partial charge in [-0.2, -0.15) is 0 Å². The molecule has 1 heterocycles. The quantitative estimate of drug-likeness (QED) is 0.206. The minimum atomic E-state index is -1.84. The Morgan fingerprint density at radius 2 is 1.26 bits per heavy atom. The lowest BCUT2D eigenvalue weighted by Crippen LogP contribution is -2.41. The van der Waals surface area contributed by atoms with E-state index in [-0.39, 0.29) is 12.1 Å². The van der Waals surface area contributed by atoms with Gasteiger partial charge in [-0.3, -0.25) is 4.52 Å². The van der Waals surface area contributed by atoms with Crippen molar-refractivity contribution in [2.24, 2.45) is 0 Å². The zero-order valence-electron chi connectivity index (χ0n) is 24.5. The first-order chi connectivity index (χ1) is 21.1. The number of carbonyl (C=O) groups excluding carboxylic acids is 1. The summed E-state index contributed by atoms with van der Waals surface area (Å²) < 4.78 is 20.1. The number of amides is 2. The predicted molar refractivity (Wildman–Crippen MR) is 173 cm³/mol. The summed E-state index contributed by atoms with van der Waals surface area (Å²) in [6.45, 7) is 1.95.